The van der Waals surface area contributed by atoms with Crippen molar-refractivity contribution in [1.29, 1.82) is 0 Å². The number of nitrogens with one attached hydrogen (secondary N) is 1. The molecule has 232 valence electrons. The molecule has 0 aromatic rings. The van der Waals surface area contributed by atoms with Crippen LogP contribution in [-0.2, 0) is 4.79 Å². The molecule has 0 bridgehead atoms. The Morgan fingerprint density at radius 2 is 1.12 bits per heavy atom. The smallest absolute Gasteiger partial charge is 0.222 e. The van der Waals surface area contributed by atoms with Gasteiger partial charge in [0.05, 0.1) is 31.3 Å². The standard InChI is InChI=1S/C35H63NO4/c1-3-5-7-9-11-13-15-16-17-19-20-22-24-26-28-32(38)30-35(40)36-33(31-37)34(39)29-27-25-23-21-18-14-12-10-8-6-4-2/h8,10,17-19,21,27,29,32-34,37-39H,3-7,9,11-16,20,22-26,28,30-31H2,1-2H3,(H,36,40)/b10-8+,19-17-,21-18+,29-27+. The van der Waals surface area contributed by atoms with Crippen molar-refractivity contribution < 1.29 is 20.1 Å². The van der Waals surface area contributed by atoms with E-state index in [1.54, 1.807) is 6.08 Å². The molecule has 40 heavy (non-hydrogen) atoms. The van der Waals surface area contributed by atoms with Crippen LogP contribution in [0.15, 0.2) is 48.6 Å². The van der Waals surface area contributed by atoms with Crippen LogP contribution in [0.3, 0.4) is 0 Å². The van der Waals surface area contributed by atoms with E-state index in [4.69, 9.17) is 0 Å². The van der Waals surface area contributed by atoms with Gasteiger partial charge >= 0.3 is 0 Å². The van der Waals surface area contributed by atoms with E-state index in [1.165, 1.54) is 57.8 Å². The molecule has 0 saturated heterocycles. The number of hydrogen-bond donors (Lipinski definition) is 4. The lowest BCUT2D eigenvalue weighted by atomic mass is 10.1. The summed E-state index contributed by atoms with van der Waals surface area (Å²) in [5.41, 5.74) is 0. The lowest BCUT2D eigenvalue weighted by Crippen LogP contribution is -2.45. The molecule has 0 aliphatic rings. The van der Waals surface area contributed by atoms with Crippen molar-refractivity contribution in [1.82, 2.24) is 5.32 Å². The second-order valence-electron chi connectivity index (χ2n) is 11.0. The minimum absolute atomic E-state index is 0.0102. The van der Waals surface area contributed by atoms with Crippen molar-refractivity contribution in [3.05, 3.63) is 48.6 Å². The number of amides is 1. The zero-order valence-electron chi connectivity index (χ0n) is 25.9. The molecule has 0 aliphatic carbocycles. The fraction of sp³-hybridized carbons (Fsp3) is 0.743. The summed E-state index contributed by atoms with van der Waals surface area (Å²) >= 11 is 0. The third kappa shape index (κ3) is 26.5. The van der Waals surface area contributed by atoms with Gasteiger partial charge in [0, 0.05) is 0 Å². The highest BCUT2D eigenvalue weighted by atomic mass is 16.3. The number of allylic oxidation sites excluding steroid dienone is 7. The van der Waals surface area contributed by atoms with E-state index in [9.17, 15) is 20.1 Å². The van der Waals surface area contributed by atoms with Crippen LogP contribution in [-0.4, -0.2) is 46.1 Å². The van der Waals surface area contributed by atoms with Gasteiger partial charge in [-0.2, -0.15) is 0 Å². The maximum absolute atomic E-state index is 12.3. The summed E-state index contributed by atoms with van der Waals surface area (Å²) in [7, 11) is 0. The number of hydrogen-bond acceptors (Lipinski definition) is 4. The summed E-state index contributed by atoms with van der Waals surface area (Å²) in [4.78, 5) is 12.3. The zero-order valence-corrected chi connectivity index (χ0v) is 25.9. The maximum atomic E-state index is 12.3. The summed E-state index contributed by atoms with van der Waals surface area (Å²) < 4.78 is 0. The van der Waals surface area contributed by atoms with Crippen LogP contribution in [0, 0.1) is 0 Å². The van der Waals surface area contributed by atoms with Crippen LogP contribution >= 0.6 is 0 Å². The molecular weight excluding hydrogens is 498 g/mol. The van der Waals surface area contributed by atoms with Crippen molar-refractivity contribution in [2.75, 3.05) is 6.61 Å². The maximum Gasteiger partial charge on any atom is 0.222 e. The van der Waals surface area contributed by atoms with Crippen molar-refractivity contribution in [2.45, 2.75) is 161 Å². The molecule has 0 fully saturated rings. The second-order valence-corrected chi connectivity index (χ2v) is 11.0. The first kappa shape index (κ1) is 38.3. The summed E-state index contributed by atoms with van der Waals surface area (Å²) in [5.74, 6) is -0.344. The molecule has 0 spiro atoms. The van der Waals surface area contributed by atoms with Gasteiger partial charge in [-0.15, -0.1) is 0 Å². The lowest BCUT2D eigenvalue weighted by molar-refractivity contribution is -0.124. The van der Waals surface area contributed by atoms with Crippen LogP contribution in [0.2, 0.25) is 0 Å². The van der Waals surface area contributed by atoms with Crippen LogP contribution < -0.4 is 5.32 Å². The molecule has 0 aromatic heterocycles. The number of aliphatic hydroxyl groups is 3. The molecule has 0 radical (unpaired) electrons. The van der Waals surface area contributed by atoms with E-state index in [0.717, 1.165) is 57.8 Å². The summed E-state index contributed by atoms with van der Waals surface area (Å²) in [6.45, 7) is 4.08. The zero-order chi connectivity index (χ0) is 29.5. The van der Waals surface area contributed by atoms with Crippen LogP contribution in [0.1, 0.15) is 142 Å². The molecule has 4 N–H and O–H groups in total. The Morgan fingerprint density at radius 3 is 1.70 bits per heavy atom. The fourth-order valence-corrected chi connectivity index (χ4v) is 4.49. The van der Waals surface area contributed by atoms with E-state index >= 15 is 0 Å². The second kappa shape index (κ2) is 30.3. The van der Waals surface area contributed by atoms with Gasteiger partial charge in [0.15, 0.2) is 0 Å². The van der Waals surface area contributed by atoms with Crippen molar-refractivity contribution >= 4 is 5.91 Å². The summed E-state index contributed by atoms with van der Waals surface area (Å²) in [6.07, 6.45) is 36.6. The number of aliphatic hydroxyl groups excluding tert-OH is 3. The Bertz CT molecular complexity index is 670. The summed E-state index contributed by atoms with van der Waals surface area (Å²) in [6, 6.07) is -0.769. The van der Waals surface area contributed by atoms with Crippen LogP contribution in [0.25, 0.3) is 0 Å². The molecular formula is C35H63NO4. The highest BCUT2D eigenvalue weighted by molar-refractivity contribution is 5.76. The Balaban J connectivity index is 3.88. The molecule has 0 aromatic carbocycles. The first-order valence-corrected chi connectivity index (χ1v) is 16.4. The SMILES string of the molecule is CCC/C=C/CC/C=C/CC/C=C/C(O)C(CO)NC(=O)CC(O)CCCCC/C=C\CCCCCCCCC. The minimum atomic E-state index is -0.961. The molecule has 0 heterocycles. The van der Waals surface area contributed by atoms with Crippen LogP contribution in [0.4, 0.5) is 0 Å². The fourth-order valence-electron chi connectivity index (χ4n) is 4.49. The Kier molecular flexibility index (Phi) is 29.0. The Labute approximate surface area is 246 Å². The third-order valence-electron chi connectivity index (χ3n) is 7.05. The van der Waals surface area contributed by atoms with E-state index in [-0.39, 0.29) is 18.9 Å². The molecule has 5 heteroatoms. The largest absolute Gasteiger partial charge is 0.394 e. The number of unbranched alkanes of at least 4 members (excludes halogenated alkanes) is 13. The van der Waals surface area contributed by atoms with Gasteiger partial charge in [0.2, 0.25) is 5.91 Å². The Hall–Kier alpha value is -1.69. The van der Waals surface area contributed by atoms with E-state index in [0.29, 0.717) is 6.42 Å². The molecule has 0 rings (SSSR count). The highest BCUT2D eigenvalue weighted by Gasteiger charge is 2.19. The lowest BCUT2D eigenvalue weighted by Gasteiger charge is -2.20. The van der Waals surface area contributed by atoms with E-state index in [2.05, 4.69) is 55.6 Å². The predicted octanol–water partition coefficient (Wildman–Crippen LogP) is 8.25. The quantitative estimate of drug-likeness (QED) is 0.0572. The normalized spacial score (nSPS) is 14.6. The molecule has 0 saturated carbocycles. The van der Waals surface area contributed by atoms with Gasteiger partial charge < -0.3 is 20.6 Å². The molecule has 3 atom stereocenters. The highest BCUT2D eigenvalue weighted by Crippen LogP contribution is 2.11. The van der Waals surface area contributed by atoms with Gasteiger partial charge in [0.25, 0.3) is 0 Å². The van der Waals surface area contributed by atoms with Crippen LogP contribution in [0.5, 0.6) is 0 Å². The van der Waals surface area contributed by atoms with Crippen molar-refractivity contribution in [2.24, 2.45) is 0 Å². The molecule has 5 nitrogen and oxygen atoms in total. The number of rotatable bonds is 28. The topological polar surface area (TPSA) is 89.8 Å². The van der Waals surface area contributed by atoms with E-state index < -0.39 is 18.2 Å². The van der Waals surface area contributed by atoms with Gasteiger partial charge in [0.1, 0.15) is 0 Å². The molecule has 0 aliphatic heterocycles. The Morgan fingerprint density at radius 1 is 0.625 bits per heavy atom. The van der Waals surface area contributed by atoms with Gasteiger partial charge in [-0.3, -0.25) is 4.79 Å². The monoisotopic (exact) mass is 561 g/mol. The van der Waals surface area contributed by atoms with Crippen molar-refractivity contribution in [3.63, 3.8) is 0 Å². The predicted molar refractivity (Wildman–Crippen MR) is 171 cm³/mol. The first-order chi connectivity index (χ1) is 19.5. The number of carbonyl (C=O) groups is 1. The minimum Gasteiger partial charge on any atom is -0.394 e. The van der Waals surface area contributed by atoms with E-state index in [1.807, 2.05) is 6.08 Å². The average Bonchev–Trinajstić information content (AvgIpc) is 2.94. The van der Waals surface area contributed by atoms with Gasteiger partial charge in [-0.25, -0.2) is 0 Å². The van der Waals surface area contributed by atoms with Gasteiger partial charge in [-0.1, -0.05) is 120 Å². The molecule has 3 unspecified atom stereocenters. The average molecular weight is 562 g/mol. The summed E-state index contributed by atoms with van der Waals surface area (Å²) in [5, 5.41) is 32.8. The third-order valence-corrected chi connectivity index (χ3v) is 7.05. The molecule has 1 amide bonds. The number of carbonyl (C=O) groups excluding carboxylic acids is 1. The first-order valence-electron chi connectivity index (χ1n) is 16.4. The van der Waals surface area contributed by atoms with Crippen molar-refractivity contribution in [3.8, 4) is 0 Å². The van der Waals surface area contributed by atoms with Gasteiger partial charge in [-0.05, 0) is 64.2 Å².